The highest BCUT2D eigenvalue weighted by molar-refractivity contribution is 5.95. The topological polar surface area (TPSA) is 78.4 Å². The van der Waals surface area contributed by atoms with E-state index in [-0.39, 0.29) is 11.8 Å². The fourth-order valence-corrected chi connectivity index (χ4v) is 3.92. The first-order valence-electron chi connectivity index (χ1n) is 10.3. The summed E-state index contributed by atoms with van der Waals surface area (Å²) < 4.78 is 0. The number of carbonyl (C=O) groups is 2. The van der Waals surface area contributed by atoms with Crippen molar-refractivity contribution in [2.24, 2.45) is 0 Å². The van der Waals surface area contributed by atoms with Crippen LogP contribution in [0, 0.1) is 0 Å². The largest absolute Gasteiger partial charge is 0.351 e. The van der Waals surface area contributed by atoms with E-state index in [4.69, 9.17) is 0 Å². The Hall–Kier alpha value is -2.80. The highest BCUT2D eigenvalue weighted by atomic mass is 16.2. The number of nitrogens with zero attached hydrogens (tertiary/aromatic N) is 4. The Morgan fingerprint density at radius 1 is 1.24 bits per heavy atom. The number of amides is 2. The summed E-state index contributed by atoms with van der Waals surface area (Å²) in [5.41, 5.74) is 4.14. The molecule has 0 saturated carbocycles. The molecule has 2 amide bonds. The summed E-state index contributed by atoms with van der Waals surface area (Å²) in [5, 5.41) is 3.00. The molecule has 1 aromatic carbocycles. The van der Waals surface area contributed by atoms with Crippen molar-refractivity contribution in [3.8, 4) is 0 Å². The van der Waals surface area contributed by atoms with E-state index in [1.54, 1.807) is 0 Å². The molecule has 0 radical (unpaired) electrons. The van der Waals surface area contributed by atoms with E-state index in [0.717, 1.165) is 55.1 Å². The van der Waals surface area contributed by atoms with Crippen LogP contribution in [-0.4, -0.2) is 46.3 Å². The number of rotatable bonds is 6. The molecule has 7 heteroatoms. The molecule has 4 rings (SSSR count). The first kappa shape index (κ1) is 19.5. The van der Waals surface area contributed by atoms with Crippen molar-refractivity contribution in [1.29, 1.82) is 0 Å². The molecule has 0 bridgehead atoms. The molecule has 3 heterocycles. The zero-order chi connectivity index (χ0) is 20.2. The minimum absolute atomic E-state index is 0.000808. The molecule has 2 aromatic rings. The molecule has 0 atom stereocenters. The number of benzene rings is 1. The lowest BCUT2D eigenvalue weighted by molar-refractivity contribution is -0.122. The molecular weight excluding hydrogens is 366 g/mol. The average Bonchev–Trinajstić information content (AvgIpc) is 3.18. The van der Waals surface area contributed by atoms with Crippen LogP contribution in [0.1, 0.15) is 42.4 Å². The third-order valence-corrected chi connectivity index (χ3v) is 5.54. The van der Waals surface area contributed by atoms with Gasteiger partial charge in [-0.25, -0.2) is 9.97 Å². The van der Waals surface area contributed by atoms with E-state index < -0.39 is 0 Å². The van der Waals surface area contributed by atoms with Crippen molar-refractivity contribution in [2.75, 3.05) is 24.5 Å². The molecule has 152 valence electrons. The smallest absolute Gasteiger partial charge is 0.234 e. The molecule has 7 nitrogen and oxygen atoms in total. The van der Waals surface area contributed by atoms with Crippen LogP contribution in [0.5, 0.6) is 0 Å². The quantitative estimate of drug-likeness (QED) is 0.810. The van der Waals surface area contributed by atoms with Crippen molar-refractivity contribution in [1.82, 2.24) is 20.2 Å². The molecule has 1 fully saturated rings. The van der Waals surface area contributed by atoms with Gasteiger partial charge in [0, 0.05) is 50.9 Å². The predicted octanol–water partition coefficient (Wildman–Crippen LogP) is 1.84. The lowest BCUT2D eigenvalue weighted by Gasteiger charge is -2.27. The minimum atomic E-state index is 0.000808. The summed E-state index contributed by atoms with van der Waals surface area (Å²) in [6.07, 6.45) is 5.14. The van der Waals surface area contributed by atoms with Gasteiger partial charge in [-0.15, -0.1) is 0 Å². The van der Waals surface area contributed by atoms with Gasteiger partial charge in [-0.2, -0.15) is 0 Å². The standard InChI is InChI=1S/C22H27N5O2/c1-2-20-23-13-17-8-10-26(14-19(17)25-20)15-21(28)24-12-16-5-3-6-18(11-16)27-9-4-7-22(27)29/h3,5-6,11,13H,2,4,7-10,12,14-15H2,1H3,(H,24,28). The number of hydrogen-bond donors (Lipinski definition) is 1. The molecule has 0 unspecified atom stereocenters. The summed E-state index contributed by atoms with van der Waals surface area (Å²) in [4.78, 5) is 37.3. The van der Waals surface area contributed by atoms with Gasteiger partial charge in [0.15, 0.2) is 0 Å². The monoisotopic (exact) mass is 393 g/mol. The van der Waals surface area contributed by atoms with Crippen molar-refractivity contribution in [2.45, 2.75) is 45.7 Å². The SMILES string of the molecule is CCc1ncc2c(n1)CN(CC(=O)NCc1cccc(N3CCCC3=O)c1)CC2. The van der Waals surface area contributed by atoms with E-state index in [0.29, 0.717) is 26.1 Å². The number of nitrogens with one attached hydrogen (secondary N) is 1. The molecule has 2 aliphatic heterocycles. The van der Waals surface area contributed by atoms with Crippen LogP contribution in [0.15, 0.2) is 30.5 Å². The van der Waals surface area contributed by atoms with Crippen molar-refractivity contribution in [3.05, 3.63) is 53.1 Å². The normalized spacial score (nSPS) is 16.7. The third kappa shape index (κ3) is 4.62. The first-order valence-corrected chi connectivity index (χ1v) is 10.3. The fraction of sp³-hybridized carbons (Fsp3) is 0.455. The van der Waals surface area contributed by atoms with Crippen LogP contribution in [0.4, 0.5) is 5.69 Å². The lowest BCUT2D eigenvalue weighted by atomic mass is 10.1. The Balaban J connectivity index is 1.31. The van der Waals surface area contributed by atoms with Gasteiger partial charge in [0.1, 0.15) is 5.82 Å². The van der Waals surface area contributed by atoms with E-state index >= 15 is 0 Å². The summed E-state index contributed by atoms with van der Waals surface area (Å²) >= 11 is 0. The van der Waals surface area contributed by atoms with Gasteiger partial charge in [-0.05, 0) is 36.1 Å². The van der Waals surface area contributed by atoms with Gasteiger partial charge in [-0.3, -0.25) is 14.5 Å². The van der Waals surface area contributed by atoms with E-state index in [1.807, 2.05) is 42.3 Å². The molecular formula is C22H27N5O2. The maximum Gasteiger partial charge on any atom is 0.234 e. The van der Waals surface area contributed by atoms with E-state index in [1.165, 1.54) is 5.56 Å². The molecule has 29 heavy (non-hydrogen) atoms. The van der Waals surface area contributed by atoms with Crippen LogP contribution in [0.25, 0.3) is 0 Å². The minimum Gasteiger partial charge on any atom is -0.351 e. The lowest BCUT2D eigenvalue weighted by Crippen LogP contribution is -2.40. The second-order valence-electron chi connectivity index (χ2n) is 7.67. The number of anilines is 1. The fourth-order valence-electron chi connectivity index (χ4n) is 3.92. The van der Waals surface area contributed by atoms with Gasteiger partial charge in [0.05, 0.1) is 12.2 Å². The van der Waals surface area contributed by atoms with Gasteiger partial charge in [0.25, 0.3) is 0 Å². The second kappa shape index (κ2) is 8.69. The molecule has 1 aromatic heterocycles. The van der Waals surface area contributed by atoms with E-state index in [2.05, 4.69) is 20.2 Å². The van der Waals surface area contributed by atoms with Gasteiger partial charge >= 0.3 is 0 Å². The predicted molar refractivity (Wildman–Crippen MR) is 110 cm³/mol. The van der Waals surface area contributed by atoms with E-state index in [9.17, 15) is 9.59 Å². The zero-order valence-corrected chi connectivity index (χ0v) is 16.9. The van der Waals surface area contributed by atoms with Crippen LogP contribution in [0.3, 0.4) is 0 Å². The molecule has 1 N–H and O–H groups in total. The summed E-state index contributed by atoms with van der Waals surface area (Å²) in [7, 11) is 0. The average molecular weight is 393 g/mol. The zero-order valence-electron chi connectivity index (χ0n) is 16.9. The van der Waals surface area contributed by atoms with Crippen molar-refractivity contribution in [3.63, 3.8) is 0 Å². The first-order chi connectivity index (χ1) is 14.1. The number of hydrogen-bond acceptors (Lipinski definition) is 5. The van der Waals surface area contributed by atoms with Gasteiger partial charge in [-0.1, -0.05) is 19.1 Å². The molecule has 0 aliphatic carbocycles. The highest BCUT2D eigenvalue weighted by Crippen LogP contribution is 2.22. The third-order valence-electron chi connectivity index (χ3n) is 5.54. The Kier molecular flexibility index (Phi) is 5.85. The maximum atomic E-state index is 12.5. The van der Waals surface area contributed by atoms with Crippen LogP contribution in [0.2, 0.25) is 0 Å². The number of aryl methyl sites for hydroxylation is 1. The second-order valence-corrected chi connectivity index (χ2v) is 7.67. The Bertz CT molecular complexity index is 914. The van der Waals surface area contributed by atoms with Crippen LogP contribution in [-0.2, 0) is 35.5 Å². The van der Waals surface area contributed by atoms with Gasteiger partial charge < -0.3 is 10.2 Å². The Labute approximate surface area is 171 Å². The number of carbonyl (C=O) groups excluding carboxylic acids is 2. The van der Waals surface area contributed by atoms with Crippen molar-refractivity contribution >= 4 is 17.5 Å². The maximum absolute atomic E-state index is 12.5. The van der Waals surface area contributed by atoms with Crippen LogP contribution < -0.4 is 10.2 Å². The van der Waals surface area contributed by atoms with Crippen molar-refractivity contribution < 1.29 is 9.59 Å². The molecule has 1 saturated heterocycles. The Morgan fingerprint density at radius 3 is 2.93 bits per heavy atom. The van der Waals surface area contributed by atoms with Gasteiger partial charge in [0.2, 0.25) is 11.8 Å². The molecule has 2 aliphatic rings. The summed E-state index contributed by atoms with van der Waals surface area (Å²) in [5.74, 6) is 1.03. The summed E-state index contributed by atoms with van der Waals surface area (Å²) in [6.45, 7) is 5.15. The number of aromatic nitrogens is 2. The summed E-state index contributed by atoms with van der Waals surface area (Å²) in [6, 6.07) is 7.86. The Morgan fingerprint density at radius 2 is 2.14 bits per heavy atom. The molecule has 0 spiro atoms. The van der Waals surface area contributed by atoms with Crippen LogP contribution >= 0.6 is 0 Å². The number of fused-ring (bicyclic) bond motifs is 1. The highest BCUT2D eigenvalue weighted by Gasteiger charge is 2.22.